The summed E-state index contributed by atoms with van der Waals surface area (Å²) in [7, 11) is 0. The normalized spacial score (nSPS) is 11.9. The van der Waals surface area contributed by atoms with Crippen LogP contribution in [0.4, 0.5) is 20.9 Å². The van der Waals surface area contributed by atoms with E-state index in [4.69, 9.17) is 34.8 Å². The van der Waals surface area contributed by atoms with Gasteiger partial charge in [-0.05, 0) is 37.3 Å². The highest BCUT2D eigenvalue weighted by atomic mass is 35.5. The summed E-state index contributed by atoms with van der Waals surface area (Å²) >= 11 is 20.5. The molecule has 0 aliphatic carbocycles. The average molecular weight is 478 g/mol. The van der Waals surface area contributed by atoms with Gasteiger partial charge in [-0.25, -0.2) is 4.39 Å². The fraction of sp³-hybridized carbons (Fsp3) is 0.118. The molecule has 28 heavy (non-hydrogen) atoms. The number of halogens is 4. The Kier molecular flexibility index (Phi) is 7.00. The molecule has 1 heterocycles. The number of aromatic nitrogens is 2. The molecule has 0 saturated carbocycles. The van der Waals surface area contributed by atoms with Gasteiger partial charge >= 0.3 is 0 Å². The third-order valence-electron chi connectivity index (χ3n) is 3.38. The molecule has 0 aliphatic rings. The predicted octanol–water partition coefficient (Wildman–Crippen LogP) is 6.50. The van der Waals surface area contributed by atoms with Crippen molar-refractivity contribution in [2.75, 3.05) is 10.6 Å². The summed E-state index contributed by atoms with van der Waals surface area (Å²) in [5.74, 6) is -0.653. The maximum atomic E-state index is 13.2. The highest BCUT2D eigenvalue weighted by Gasteiger charge is 2.20. The van der Waals surface area contributed by atoms with E-state index < -0.39 is 5.25 Å². The summed E-state index contributed by atoms with van der Waals surface area (Å²) in [6.45, 7) is 1.72. The van der Waals surface area contributed by atoms with E-state index in [1.807, 2.05) is 0 Å². The third-order valence-corrected chi connectivity index (χ3v) is 6.22. The van der Waals surface area contributed by atoms with Crippen LogP contribution in [-0.4, -0.2) is 21.4 Å². The number of thioether (sulfide) groups is 1. The number of nitrogens with zero attached hydrogens (tertiary/aromatic N) is 2. The zero-order valence-electron chi connectivity index (χ0n) is 14.2. The van der Waals surface area contributed by atoms with Gasteiger partial charge in [0.2, 0.25) is 11.0 Å². The molecule has 3 aromatic rings. The van der Waals surface area contributed by atoms with Crippen molar-refractivity contribution in [1.82, 2.24) is 10.2 Å². The van der Waals surface area contributed by atoms with Crippen LogP contribution in [0.1, 0.15) is 6.92 Å². The van der Waals surface area contributed by atoms with Gasteiger partial charge in [0.15, 0.2) is 4.34 Å². The maximum absolute atomic E-state index is 13.2. The Bertz CT molecular complexity index is 995. The zero-order valence-corrected chi connectivity index (χ0v) is 18.1. The molecule has 3 rings (SSSR count). The van der Waals surface area contributed by atoms with Crippen LogP contribution in [-0.2, 0) is 4.79 Å². The smallest absolute Gasteiger partial charge is 0.237 e. The Hall–Kier alpha value is -1.58. The zero-order chi connectivity index (χ0) is 20.3. The lowest BCUT2D eigenvalue weighted by Crippen LogP contribution is -2.22. The number of rotatable bonds is 6. The van der Waals surface area contributed by atoms with Crippen molar-refractivity contribution < 1.29 is 9.18 Å². The lowest BCUT2D eigenvalue weighted by molar-refractivity contribution is -0.115. The highest BCUT2D eigenvalue weighted by molar-refractivity contribution is 8.02. The van der Waals surface area contributed by atoms with Gasteiger partial charge in [0, 0.05) is 10.7 Å². The molecule has 11 heteroatoms. The van der Waals surface area contributed by atoms with E-state index in [9.17, 15) is 9.18 Å². The number of nitrogens with one attached hydrogen (secondary N) is 2. The molecule has 1 atom stereocenters. The quantitative estimate of drug-likeness (QED) is 0.397. The molecular formula is C17H12Cl3FN4OS2. The van der Waals surface area contributed by atoms with E-state index in [0.717, 1.165) is 0 Å². The topological polar surface area (TPSA) is 66.9 Å². The van der Waals surface area contributed by atoms with Gasteiger partial charge in [-0.2, -0.15) is 0 Å². The number of benzene rings is 2. The van der Waals surface area contributed by atoms with Crippen molar-refractivity contribution in [1.29, 1.82) is 0 Å². The van der Waals surface area contributed by atoms with E-state index in [-0.39, 0.29) is 21.8 Å². The number of anilines is 3. The first-order valence-electron chi connectivity index (χ1n) is 7.80. The molecule has 1 aromatic heterocycles. The van der Waals surface area contributed by atoms with E-state index in [2.05, 4.69) is 20.8 Å². The van der Waals surface area contributed by atoms with Crippen LogP contribution in [0.25, 0.3) is 0 Å². The first-order valence-corrected chi connectivity index (χ1v) is 10.6. The molecule has 2 aromatic carbocycles. The van der Waals surface area contributed by atoms with Gasteiger partial charge in [-0.3, -0.25) is 4.79 Å². The first-order chi connectivity index (χ1) is 13.3. The van der Waals surface area contributed by atoms with Gasteiger partial charge in [-0.15, -0.1) is 10.2 Å². The van der Waals surface area contributed by atoms with Gasteiger partial charge in [0.05, 0.1) is 21.0 Å². The number of hydrogen-bond acceptors (Lipinski definition) is 6. The molecule has 2 N–H and O–H groups in total. The van der Waals surface area contributed by atoms with E-state index in [1.54, 1.807) is 19.1 Å². The number of amides is 1. The Balaban J connectivity index is 1.62. The lowest BCUT2D eigenvalue weighted by Gasteiger charge is -2.13. The second kappa shape index (κ2) is 9.28. The van der Waals surface area contributed by atoms with Crippen LogP contribution in [0.2, 0.25) is 15.1 Å². The second-order valence-corrected chi connectivity index (χ2v) is 9.32. The molecule has 1 amide bonds. The summed E-state index contributed by atoms with van der Waals surface area (Å²) in [6.07, 6.45) is 0. The lowest BCUT2D eigenvalue weighted by atomic mass is 10.3. The third kappa shape index (κ3) is 5.48. The molecule has 146 valence electrons. The molecule has 5 nitrogen and oxygen atoms in total. The van der Waals surface area contributed by atoms with Crippen molar-refractivity contribution >= 4 is 80.3 Å². The van der Waals surface area contributed by atoms with Gasteiger partial charge in [0.1, 0.15) is 5.82 Å². The minimum atomic E-state index is -0.488. The molecule has 0 saturated heterocycles. The van der Waals surface area contributed by atoms with Crippen LogP contribution in [0, 0.1) is 5.82 Å². The fourth-order valence-corrected chi connectivity index (χ4v) is 4.92. The van der Waals surface area contributed by atoms with E-state index >= 15 is 0 Å². The molecule has 0 spiro atoms. The highest BCUT2D eigenvalue weighted by Crippen LogP contribution is 2.35. The standard InChI is InChI=1S/C17H12Cl3FN4OS2/c1-8(15(26)23-14-12(19)5-9(18)6-13(14)20)27-17-25-24-16(28-17)22-11-4-2-3-10(21)7-11/h2-8H,1H3,(H,22,24)(H,23,26). The van der Waals surface area contributed by atoms with Gasteiger partial charge in [-0.1, -0.05) is 64.0 Å². The molecule has 0 radical (unpaired) electrons. The minimum Gasteiger partial charge on any atom is -0.330 e. The van der Waals surface area contributed by atoms with E-state index in [1.165, 1.54) is 47.4 Å². The molecule has 0 bridgehead atoms. The number of hydrogen-bond donors (Lipinski definition) is 2. The molecular weight excluding hydrogens is 466 g/mol. The molecule has 1 unspecified atom stereocenters. The van der Waals surface area contributed by atoms with Gasteiger partial charge in [0.25, 0.3) is 0 Å². The SMILES string of the molecule is CC(Sc1nnc(Nc2cccc(F)c2)s1)C(=O)Nc1c(Cl)cc(Cl)cc1Cl. The van der Waals surface area contributed by atoms with Crippen LogP contribution in [0.3, 0.4) is 0 Å². The predicted molar refractivity (Wildman–Crippen MR) is 115 cm³/mol. The van der Waals surface area contributed by atoms with Crippen LogP contribution >= 0.6 is 57.9 Å². The Morgan fingerprint density at radius 2 is 1.89 bits per heavy atom. The van der Waals surface area contributed by atoms with Gasteiger partial charge < -0.3 is 10.6 Å². The largest absolute Gasteiger partial charge is 0.330 e. The Morgan fingerprint density at radius 1 is 1.18 bits per heavy atom. The monoisotopic (exact) mass is 476 g/mol. The van der Waals surface area contributed by atoms with Crippen molar-refractivity contribution in [3.05, 3.63) is 57.3 Å². The Labute approximate surface area is 183 Å². The first kappa shape index (κ1) is 21.1. The van der Waals surface area contributed by atoms with Crippen molar-refractivity contribution in [3.8, 4) is 0 Å². The number of carbonyl (C=O) groups excluding carboxylic acids is 1. The van der Waals surface area contributed by atoms with E-state index in [0.29, 0.717) is 25.9 Å². The van der Waals surface area contributed by atoms with Crippen LogP contribution < -0.4 is 10.6 Å². The number of carbonyl (C=O) groups is 1. The molecule has 0 aliphatic heterocycles. The summed E-state index contributed by atoms with van der Waals surface area (Å²) in [5.41, 5.74) is 0.862. The Morgan fingerprint density at radius 3 is 2.57 bits per heavy atom. The summed E-state index contributed by atoms with van der Waals surface area (Å²) in [6, 6.07) is 9.01. The van der Waals surface area contributed by atoms with Crippen LogP contribution in [0.5, 0.6) is 0 Å². The van der Waals surface area contributed by atoms with Crippen molar-refractivity contribution in [2.24, 2.45) is 0 Å². The maximum Gasteiger partial charge on any atom is 0.237 e. The van der Waals surface area contributed by atoms with Crippen LogP contribution in [0.15, 0.2) is 40.7 Å². The molecule has 0 fully saturated rings. The minimum absolute atomic E-state index is 0.251. The second-order valence-electron chi connectivity index (χ2n) is 5.50. The summed E-state index contributed by atoms with van der Waals surface area (Å²) in [4.78, 5) is 12.5. The van der Waals surface area contributed by atoms with Crippen molar-refractivity contribution in [3.63, 3.8) is 0 Å². The fourth-order valence-electron chi connectivity index (χ4n) is 2.09. The average Bonchev–Trinajstić information content (AvgIpc) is 3.04. The summed E-state index contributed by atoms with van der Waals surface area (Å²) in [5, 5.41) is 14.6. The summed E-state index contributed by atoms with van der Waals surface area (Å²) < 4.78 is 13.8. The van der Waals surface area contributed by atoms with Crippen molar-refractivity contribution in [2.45, 2.75) is 16.5 Å².